The molecule has 0 aliphatic carbocycles. The number of tetrazole rings is 1. The van der Waals surface area contributed by atoms with Gasteiger partial charge in [0.25, 0.3) is 0 Å². The Bertz CT molecular complexity index is 594. The molecule has 1 unspecified atom stereocenters. The summed E-state index contributed by atoms with van der Waals surface area (Å²) in [7, 11) is 0. The van der Waals surface area contributed by atoms with E-state index < -0.39 is 0 Å². The smallest absolute Gasteiger partial charge is 0.227 e. The lowest BCUT2D eigenvalue weighted by atomic mass is 10.1. The molecule has 1 fully saturated rings. The van der Waals surface area contributed by atoms with Crippen molar-refractivity contribution in [2.45, 2.75) is 19.4 Å². The number of carbonyl (C=O) groups excluding carboxylic acids is 1. The fourth-order valence-corrected chi connectivity index (χ4v) is 2.49. The molecule has 0 spiro atoms. The second-order valence-electron chi connectivity index (χ2n) is 5.29. The number of carbonyl (C=O) groups is 1. The summed E-state index contributed by atoms with van der Waals surface area (Å²) in [6.07, 6.45) is 1.98. The Balaban J connectivity index is 1.63. The lowest BCUT2D eigenvalue weighted by molar-refractivity contribution is -0.131. The van der Waals surface area contributed by atoms with Gasteiger partial charge in [-0.1, -0.05) is 12.1 Å². The van der Waals surface area contributed by atoms with Crippen LogP contribution < -0.4 is 5.32 Å². The van der Waals surface area contributed by atoms with Crippen molar-refractivity contribution in [3.8, 4) is 5.69 Å². The molecule has 7 heteroatoms. The zero-order chi connectivity index (χ0) is 14.7. The minimum absolute atomic E-state index is 0.179. The Labute approximate surface area is 122 Å². The van der Waals surface area contributed by atoms with Crippen LogP contribution >= 0.6 is 0 Å². The van der Waals surface area contributed by atoms with E-state index in [4.69, 9.17) is 0 Å². The number of aromatic nitrogens is 4. The largest absolute Gasteiger partial charge is 0.340 e. The van der Waals surface area contributed by atoms with Crippen LogP contribution in [0.4, 0.5) is 0 Å². The Hall–Kier alpha value is -2.28. The van der Waals surface area contributed by atoms with Crippen LogP contribution in [-0.4, -0.2) is 56.7 Å². The highest BCUT2D eigenvalue weighted by Crippen LogP contribution is 2.10. The number of amides is 1. The van der Waals surface area contributed by atoms with Crippen LogP contribution in [0.2, 0.25) is 0 Å². The number of piperazine rings is 1. The van der Waals surface area contributed by atoms with Crippen LogP contribution in [0.3, 0.4) is 0 Å². The normalized spacial score (nSPS) is 18.7. The van der Waals surface area contributed by atoms with E-state index in [1.807, 2.05) is 29.2 Å². The fourth-order valence-electron chi connectivity index (χ4n) is 2.49. The SMILES string of the molecule is CC1CN(C(=O)Cc2ccc(-n3cnnn3)cc2)CCN1. The highest BCUT2D eigenvalue weighted by Gasteiger charge is 2.20. The highest BCUT2D eigenvalue weighted by atomic mass is 16.2. The maximum Gasteiger partial charge on any atom is 0.227 e. The van der Waals surface area contributed by atoms with Crippen LogP contribution in [0, 0.1) is 0 Å². The van der Waals surface area contributed by atoms with E-state index in [9.17, 15) is 4.79 Å². The molecular formula is C14H18N6O. The lowest BCUT2D eigenvalue weighted by Gasteiger charge is -2.32. The van der Waals surface area contributed by atoms with E-state index in [2.05, 4.69) is 27.8 Å². The third kappa shape index (κ3) is 3.25. The topological polar surface area (TPSA) is 75.9 Å². The molecule has 1 aliphatic heterocycles. The molecule has 0 radical (unpaired) electrons. The summed E-state index contributed by atoms with van der Waals surface area (Å²) in [6.45, 7) is 4.53. The Kier molecular flexibility index (Phi) is 3.92. The van der Waals surface area contributed by atoms with Crippen LogP contribution in [0.5, 0.6) is 0 Å². The molecule has 0 saturated carbocycles. The number of benzene rings is 1. The van der Waals surface area contributed by atoms with Gasteiger partial charge in [0.05, 0.1) is 12.1 Å². The quantitative estimate of drug-likeness (QED) is 0.861. The molecule has 1 N–H and O–H groups in total. The van der Waals surface area contributed by atoms with E-state index in [-0.39, 0.29) is 5.91 Å². The maximum absolute atomic E-state index is 12.3. The number of rotatable bonds is 3. The highest BCUT2D eigenvalue weighted by molar-refractivity contribution is 5.79. The number of hydrogen-bond donors (Lipinski definition) is 1. The van der Waals surface area contributed by atoms with E-state index in [0.29, 0.717) is 12.5 Å². The summed E-state index contributed by atoms with van der Waals surface area (Å²) in [4.78, 5) is 14.2. The summed E-state index contributed by atoms with van der Waals surface area (Å²) >= 11 is 0. The molecule has 1 atom stereocenters. The lowest BCUT2D eigenvalue weighted by Crippen LogP contribution is -2.51. The summed E-state index contributed by atoms with van der Waals surface area (Å²) in [5.41, 5.74) is 1.88. The third-order valence-electron chi connectivity index (χ3n) is 3.63. The van der Waals surface area contributed by atoms with Gasteiger partial charge in [0.1, 0.15) is 6.33 Å². The molecule has 2 heterocycles. The van der Waals surface area contributed by atoms with Crippen LogP contribution in [0.25, 0.3) is 5.69 Å². The molecular weight excluding hydrogens is 268 g/mol. The summed E-state index contributed by atoms with van der Waals surface area (Å²) in [5.74, 6) is 0.179. The molecule has 1 aromatic carbocycles. The van der Waals surface area contributed by atoms with Gasteiger partial charge >= 0.3 is 0 Å². The average molecular weight is 286 g/mol. The minimum atomic E-state index is 0.179. The van der Waals surface area contributed by atoms with Crippen molar-refractivity contribution in [2.24, 2.45) is 0 Å². The van der Waals surface area contributed by atoms with E-state index in [1.54, 1.807) is 11.0 Å². The molecule has 1 aliphatic rings. The molecule has 7 nitrogen and oxygen atoms in total. The van der Waals surface area contributed by atoms with Crippen molar-refractivity contribution >= 4 is 5.91 Å². The zero-order valence-electron chi connectivity index (χ0n) is 11.9. The van der Waals surface area contributed by atoms with Gasteiger partial charge in [-0.05, 0) is 35.0 Å². The Morgan fingerprint density at radius 3 is 2.86 bits per heavy atom. The van der Waals surface area contributed by atoms with Gasteiger partial charge < -0.3 is 10.2 Å². The zero-order valence-corrected chi connectivity index (χ0v) is 11.9. The predicted molar refractivity (Wildman–Crippen MR) is 76.9 cm³/mol. The Morgan fingerprint density at radius 2 is 2.19 bits per heavy atom. The first-order chi connectivity index (χ1) is 10.2. The summed E-state index contributed by atoms with van der Waals surface area (Å²) in [6, 6.07) is 8.09. The first-order valence-corrected chi connectivity index (χ1v) is 7.06. The van der Waals surface area contributed by atoms with Crippen molar-refractivity contribution in [1.29, 1.82) is 0 Å². The van der Waals surface area contributed by atoms with Crippen LogP contribution in [0.15, 0.2) is 30.6 Å². The monoisotopic (exact) mass is 286 g/mol. The van der Waals surface area contributed by atoms with Crippen molar-refractivity contribution in [2.75, 3.05) is 19.6 Å². The second kappa shape index (κ2) is 6.01. The van der Waals surface area contributed by atoms with Crippen LogP contribution in [0.1, 0.15) is 12.5 Å². The standard InChI is InChI=1S/C14H18N6O/c1-11-9-19(7-6-15-11)14(21)8-12-2-4-13(5-3-12)20-10-16-17-18-20/h2-5,10-11,15H,6-9H2,1H3. The van der Waals surface area contributed by atoms with E-state index >= 15 is 0 Å². The van der Waals surface area contributed by atoms with Gasteiger partial charge in [0, 0.05) is 25.7 Å². The average Bonchev–Trinajstić information content (AvgIpc) is 3.02. The van der Waals surface area contributed by atoms with Crippen molar-refractivity contribution in [3.05, 3.63) is 36.2 Å². The Morgan fingerprint density at radius 1 is 1.38 bits per heavy atom. The van der Waals surface area contributed by atoms with E-state index in [0.717, 1.165) is 30.9 Å². The van der Waals surface area contributed by atoms with Gasteiger partial charge in [-0.2, -0.15) is 0 Å². The fraction of sp³-hybridized carbons (Fsp3) is 0.429. The number of nitrogens with zero attached hydrogens (tertiary/aromatic N) is 5. The molecule has 110 valence electrons. The summed E-state index contributed by atoms with van der Waals surface area (Å²) in [5, 5.41) is 14.4. The molecule has 1 aromatic heterocycles. The van der Waals surface area contributed by atoms with Gasteiger partial charge in [0.15, 0.2) is 0 Å². The number of nitrogens with one attached hydrogen (secondary N) is 1. The van der Waals surface area contributed by atoms with Gasteiger partial charge in [-0.25, -0.2) is 4.68 Å². The van der Waals surface area contributed by atoms with E-state index in [1.165, 1.54) is 0 Å². The minimum Gasteiger partial charge on any atom is -0.340 e. The summed E-state index contributed by atoms with van der Waals surface area (Å²) < 4.78 is 1.59. The van der Waals surface area contributed by atoms with Gasteiger partial charge in [-0.15, -0.1) is 5.10 Å². The van der Waals surface area contributed by atoms with Crippen molar-refractivity contribution in [3.63, 3.8) is 0 Å². The van der Waals surface area contributed by atoms with Crippen LogP contribution in [-0.2, 0) is 11.2 Å². The number of hydrogen-bond acceptors (Lipinski definition) is 5. The first-order valence-electron chi connectivity index (χ1n) is 7.06. The molecule has 21 heavy (non-hydrogen) atoms. The second-order valence-corrected chi connectivity index (χ2v) is 5.29. The molecule has 0 bridgehead atoms. The molecule has 1 amide bonds. The third-order valence-corrected chi connectivity index (χ3v) is 3.63. The van der Waals surface area contributed by atoms with Crippen molar-refractivity contribution < 1.29 is 4.79 Å². The molecule has 2 aromatic rings. The molecule has 1 saturated heterocycles. The van der Waals surface area contributed by atoms with Gasteiger partial charge in [0.2, 0.25) is 5.91 Å². The maximum atomic E-state index is 12.3. The van der Waals surface area contributed by atoms with Gasteiger partial charge in [-0.3, -0.25) is 4.79 Å². The predicted octanol–water partition coefficient (Wildman–Crippen LogP) is 0.0251. The molecule has 3 rings (SSSR count). The first kappa shape index (κ1) is 13.7. The van der Waals surface area contributed by atoms with Crippen molar-refractivity contribution in [1.82, 2.24) is 30.4 Å².